The Morgan fingerprint density at radius 3 is 2.84 bits per heavy atom. The molecule has 0 radical (unpaired) electrons. The highest BCUT2D eigenvalue weighted by Gasteiger charge is 2.22. The van der Waals surface area contributed by atoms with Gasteiger partial charge in [-0.15, -0.1) is 0 Å². The summed E-state index contributed by atoms with van der Waals surface area (Å²) in [6.45, 7) is 7.87. The number of likely N-dealkylation sites (tertiary alicyclic amines) is 1. The third-order valence-electron chi connectivity index (χ3n) is 3.88. The van der Waals surface area contributed by atoms with Crippen LogP contribution in [-0.2, 0) is 9.53 Å². The summed E-state index contributed by atoms with van der Waals surface area (Å²) in [5, 5.41) is 3.01. The molecule has 112 valence electrons. The summed E-state index contributed by atoms with van der Waals surface area (Å²) in [6.07, 6.45) is 2.61. The monoisotopic (exact) mass is 271 g/mol. The third kappa shape index (κ3) is 5.89. The van der Waals surface area contributed by atoms with Gasteiger partial charge in [-0.25, -0.2) is 0 Å². The van der Waals surface area contributed by atoms with Gasteiger partial charge in [0, 0.05) is 32.8 Å². The van der Waals surface area contributed by atoms with Crippen LogP contribution in [0.25, 0.3) is 0 Å². The maximum absolute atomic E-state index is 11.8. The Kier molecular flexibility index (Phi) is 7.34. The molecule has 1 saturated heterocycles. The van der Waals surface area contributed by atoms with E-state index in [4.69, 9.17) is 10.5 Å². The van der Waals surface area contributed by atoms with Crippen molar-refractivity contribution in [1.82, 2.24) is 10.2 Å². The van der Waals surface area contributed by atoms with Gasteiger partial charge in [0.25, 0.3) is 0 Å². The number of hydrogen-bond acceptors (Lipinski definition) is 4. The van der Waals surface area contributed by atoms with Crippen LogP contribution in [0, 0.1) is 5.92 Å². The molecule has 2 atom stereocenters. The van der Waals surface area contributed by atoms with Crippen LogP contribution in [-0.4, -0.2) is 56.2 Å². The predicted octanol–water partition coefficient (Wildman–Crippen LogP) is 0.587. The molecule has 5 heteroatoms. The molecule has 1 heterocycles. The molecule has 19 heavy (non-hydrogen) atoms. The molecule has 0 saturated carbocycles. The minimum absolute atomic E-state index is 0.0407. The summed E-state index contributed by atoms with van der Waals surface area (Å²) < 4.78 is 5.12. The van der Waals surface area contributed by atoms with Gasteiger partial charge in [0.05, 0.1) is 12.5 Å². The molecule has 1 rings (SSSR count). The second-order valence-corrected chi connectivity index (χ2v) is 5.70. The van der Waals surface area contributed by atoms with Crippen LogP contribution in [0.15, 0.2) is 0 Å². The van der Waals surface area contributed by atoms with Crippen molar-refractivity contribution in [1.29, 1.82) is 0 Å². The van der Waals surface area contributed by atoms with Gasteiger partial charge in [0.1, 0.15) is 0 Å². The molecular formula is C14H29N3O2. The van der Waals surface area contributed by atoms with Gasteiger partial charge in [-0.3, -0.25) is 4.79 Å². The lowest BCUT2D eigenvalue weighted by molar-refractivity contribution is -0.123. The first-order valence-corrected chi connectivity index (χ1v) is 7.30. The molecule has 0 aromatic heterocycles. The van der Waals surface area contributed by atoms with E-state index in [1.807, 2.05) is 0 Å². The minimum atomic E-state index is -0.168. The number of amides is 1. The number of carbonyl (C=O) groups excluding carboxylic acids is 1. The Balaban J connectivity index is 2.26. The predicted molar refractivity (Wildman–Crippen MR) is 76.9 cm³/mol. The summed E-state index contributed by atoms with van der Waals surface area (Å²) >= 11 is 0. The zero-order valence-corrected chi connectivity index (χ0v) is 12.5. The number of carbonyl (C=O) groups is 1. The number of rotatable bonds is 7. The van der Waals surface area contributed by atoms with Crippen LogP contribution < -0.4 is 11.1 Å². The molecule has 1 fully saturated rings. The van der Waals surface area contributed by atoms with Gasteiger partial charge in [0.2, 0.25) is 5.91 Å². The number of ether oxygens (including phenoxy) is 1. The summed E-state index contributed by atoms with van der Waals surface area (Å²) in [7, 11) is 1.59. The van der Waals surface area contributed by atoms with Crippen molar-refractivity contribution in [2.75, 3.05) is 33.3 Å². The van der Waals surface area contributed by atoms with Crippen molar-refractivity contribution in [3.05, 3.63) is 0 Å². The molecule has 0 spiro atoms. The topological polar surface area (TPSA) is 67.6 Å². The fraction of sp³-hybridized carbons (Fsp3) is 0.929. The summed E-state index contributed by atoms with van der Waals surface area (Å²) in [4.78, 5) is 14.3. The van der Waals surface area contributed by atoms with Gasteiger partial charge in [0.15, 0.2) is 0 Å². The molecule has 0 aliphatic carbocycles. The van der Waals surface area contributed by atoms with Crippen LogP contribution in [0.2, 0.25) is 0 Å². The van der Waals surface area contributed by atoms with Crippen molar-refractivity contribution in [2.24, 2.45) is 11.7 Å². The smallest absolute Gasteiger partial charge is 0.222 e. The van der Waals surface area contributed by atoms with E-state index in [0.717, 1.165) is 13.1 Å². The Morgan fingerprint density at radius 1 is 1.53 bits per heavy atom. The van der Waals surface area contributed by atoms with Crippen molar-refractivity contribution in [2.45, 2.75) is 45.3 Å². The molecule has 0 aromatic rings. The SMILES string of the molecule is COC(CN)CC(=O)NCC1CCCN(C(C)C)C1. The molecule has 2 unspecified atom stereocenters. The molecule has 5 nitrogen and oxygen atoms in total. The van der Waals surface area contributed by atoms with Crippen LogP contribution in [0.1, 0.15) is 33.1 Å². The molecule has 1 aliphatic heterocycles. The van der Waals surface area contributed by atoms with E-state index in [-0.39, 0.29) is 12.0 Å². The largest absolute Gasteiger partial charge is 0.380 e. The highest BCUT2D eigenvalue weighted by atomic mass is 16.5. The lowest BCUT2D eigenvalue weighted by atomic mass is 9.97. The summed E-state index contributed by atoms with van der Waals surface area (Å²) in [5.41, 5.74) is 5.51. The fourth-order valence-electron chi connectivity index (χ4n) is 2.53. The van der Waals surface area contributed by atoms with Crippen LogP contribution >= 0.6 is 0 Å². The zero-order chi connectivity index (χ0) is 14.3. The third-order valence-corrected chi connectivity index (χ3v) is 3.88. The van der Waals surface area contributed by atoms with Crippen molar-refractivity contribution >= 4 is 5.91 Å². The van der Waals surface area contributed by atoms with E-state index in [9.17, 15) is 4.79 Å². The first kappa shape index (κ1) is 16.4. The van der Waals surface area contributed by atoms with E-state index in [1.54, 1.807) is 7.11 Å². The number of piperidine rings is 1. The van der Waals surface area contributed by atoms with Gasteiger partial charge in [-0.1, -0.05) is 0 Å². The summed E-state index contributed by atoms with van der Waals surface area (Å²) in [6, 6.07) is 0.591. The molecule has 0 bridgehead atoms. The van der Waals surface area contributed by atoms with Gasteiger partial charge < -0.3 is 20.7 Å². The second kappa shape index (κ2) is 8.51. The van der Waals surface area contributed by atoms with Crippen molar-refractivity contribution in [3.63, 3.8) is 0 Å². The Labute approximate surface area is 116 Å². The van der Waals surface area contributed by atoms with E-state index < -0.39 is 0 Å². The van der Waals surface area contributed by atoms with E-state index in [2.05, 4.69) is 24.1 Å². The molecule has 3 N–H and O–H groups in total. The zero-order valence-electron chi connectivity index (χ0n) is 12.5. The van der Waals surface area contributed by atoms with E-state index >= 15 is 0 Å². The average Bonchev–Trinajstić information content (AvgIpc) is 2.42. The Bertz CT molecular complexity index is 267. The van der Waals surface area contributed by atoms with Crippen molar-refractivity contribution < 1.29 is 9.53 Å². The van der Waals surface area contributed by atoms with Crippen LogP contribution in [0.4, 0.5) is 0 Å². The number of methoxy groups -OCH3 is 1. The Morgan fingerprint density at radius 2 is 2.26 bits per heavy atom. The quantitative estimate of drug-likeness (QED) is 0.711. The highest BCUT2D eigenvalue weighted by molar-refractivity contribution is 5.76. The minimum Gasteiger partial charge on any atom is -0.380 e. The summed E-state index contributed by atoms with van der Waals surface area (Å²) in [5.74, 6) is 0.609. The molecular weight excluding hydrogens is 242 g/mol. The Hall–Kier alpha value is -0.650. The maximum Gasteiger partial charge on any atom is 0.222 e. The highest BCUT2D eigenvalue weighted by Crippen LogP contribution is 2.17. The number of nitrogens with one attached hydrogen (secondary N) is 1. The van der Waals surface area contributed by atoms with E-state index in [1.165, 1.54) is 19.4 Å². The van der Waals surface area contributed by atoms with Crippen LogP contribution in [0.3, 0.4) is 0 Å². The fourth-order valence-corrected chi connectivity index (χ4v) is 2.53. The van der Waals surface area contributed by atoms with Crippen LogP contribution in [0.5, 0.6) is 0 Å². The van der Waals surface area contributed by atoms with Crippen molar-refractivity contribution in [3.8, 4) is 0 Å². The number of hydrogen-bond donors (Lipinski definition) is 2. The lowest BCUT2D eigenvalue weighted by Gasteiger charge is -2.35. The normalized spacial score (nSPS) is 22.5. The van der Waals surface area contributed by atoms with E-state index in [0.29, 0.717) is 24.9 Å². The standard InChI is InChI=1S/C14H29N3O2/c1-11(2)17-6-4-5-12(10-17)9-16-14(18)7-13(8-15)19-3/h11-13H,4-10,15H2,1-3H3,(H,16,18). The van der Waals surface area contributed by atoms with Gasteiger partial charge in [-0.2, -0.15) is 0 Å². The van der Waals surface area contributed by atoms with Gasteiger partial charge >= 0.3 is 0 Å². The first-order chi connectivity index (χ1) is 9.06. The number of nitrogens with zero attached hydrogens (tertiary/aromatic N) is 1. The molecule has 1 amide bonds. The second-order valence-electron chi connectivity index (χ2n) is 5.70. The van der Waals surface area contributed by atoms with Gasteiger partial charge in [-0.05, 0) is 39.2 Å². The molecule has 1 aliphatic rings. The lowest BCUT2D eigenvalue weighted by Crippen LogP contribution is -2.44. The number of nitrogens with two attached hydrogens (primary N) is 1. The molecule has 0 aromatic carbocycles. The average molecular weight is 271 g/mol. The first-order valence-electron chi connectivity index (χ1n) is 7.30. The maximum atomic E-state index is 11.8.